The standard InChI is InChI=1S/C18H29NO/c1-17(2,3)15-9-11-18(19,12-10-15)13-14-20-16-7-5-4-6-8-16/h4-8,15H,9-14,19H2,1-3H3. The molecule has 2 rings (SSSR count). The number of para-hydroxylation sites is 1. The van der Waals surface area contributed by atoms with Gasteiger partial charge in [0.05, 0.1) is 6.61 Å². The van der Waals surface area contributed by atoms with E-state index in [4.69, 9.17) is 10.5 Å². The van der Waals surface area contributed by atoms with Crippen LogP contribution in [0.2, 0.25) is 0 Å². The van der Waals surface area contributed by atoms with E-state index in [0.29, 0.717) is 5.41 Å². The Morgan fingerprint density at radius 3 is 2.30 bits per heavy atom. The van der Waals surface area contributed by atoms with E-state index in [9.17, 15) is 0 Å². The predicted molar refractivity (Wildman–Crippen MR) is 84.9 cm³/mol. The van der Waals surface area contributed by atoms with Crippen molar-refractivity contribution in [1.29, 1.82) is 0 Å². The van der Waals surface area contributed by atoms with Gasteiger partial charge in [-0.25, -0.2) is 0 Å². The van der Waals surface area contributed by atoms with Crippen LogP contribution in [0.25, 0.3) is 0 Å². The van der Waals surface area contributed by atoms with Gasteiger partial charge in [0.15, 0.2) is 0 Å². The van der Waals surface area contributed by atoms with Crippen molar-refractivity contribution in [2.45, 2.75) is 58.4 Å². The van der Waals surface area contributed by atoms with Gasteiger partial charge in [-0.1, -0.05) is 39.0 Å². The maximum Gasteiger partial charge on any atom is 0.119 e. The summed E-state index contributed by atoms with van der Waals surface area (Å²) in [7, 11) is 0. The first kappa shape index (κ1) is 15.4. The van der Waals surface area contributed by atoms with E-state index in [2.05, 4.69) is 20.8 Å². The summed E-state index contributed by atoms with van der Waals surface area (Å²) in [5.74, 6) is 1.76. The summed E-state index contributed by atoms with van der Waals surface area (Å²) in [5, 5.41) is 0. The molecule has 0 spiro atoms. The lowest BCUT2D eigenvalue weighted by Gasteiger charge is -2.42. The predicted octanol–water partition coefficient (Wildman–Crippen LogP) is 4.39. The normalized spacial score (nSPS) is 27.3. The third-order valence-electron chi connectivity index (χ3n) is 4.82. The molecule has 0 atom stereocenters. The van der Waals surface area contributed by atoms with Gasteiger partial charge in [-0.3, -0.25) is 0 Å². The lowest BCUT2D eigenvalue weighted by atomic mass is 9.67. The summed E-state index contributed by atoms with van der Waals surface area (Å²) in [5.41, 5.74) is 6.95. The van der Waals surface area contributed by atoms with Crippen LogP contribution in [0.1, 0.15) is 52.9 Å². The van der Waals surface area contributed by atoms with Crippen LogP contribution in [-0.4, -0.2) is 12.1 Å². The highest BCUT2D eigenvalue weighted by Gasteiger charge is 2.35. The number of nitrogens with two attached hydrogens (primary N) is 1. The van der Waals surface area contributed by atoms with Gasteiger partial charge in [0, 0.05) is 5.54 Å². The summed E-state index contributed by atoms with van der Waals surface area (Å²) in [6, 6.07) is 10.0. The van der Waals surface area contributed by atoms with Crippen LogP contribution in [0.4, 0.5) is 0 Å². The van der Waals surface area contributed by atoms with Crippen molar-refractivity contribution in [1.82, 2.24) is 0 Å². The van der Waals surface area contributed by atoms with Gasteiger partial charge in [-0.05, 0) is 55.6 Å². The Morgan fingerprint density at radius 1 is 1.15 bits per heavy atom. The molecule has 0 amide bonds. The fraction of sp³-hybridized carbons (Fsp3) is 0.667. The highest BCUT2D eigenvalue weighted by atomic mass is 16.5. The van der Waals surface area contributed by atoms with Crippen LogP contribution >= 0.6 is 0 Å². The zero-order chi connectivity index (χ0) is 14.6. The van der Waals surface area contributed by atoms with E-state index in [1.165, 1.54) is 12.8 Å². The quantitative estimate of drug-likeness (QED) is 0.884. The van der Waals surface area contributed by atoms with Crippen molar-refractivity contribution in [2.75, 3.05) is 6.61 Å². The van der Waals surface area contributed by atoms with Crippen LogP contribution in [0.3, 0.4) is 0 Å². The second kappa shape index (κ2) is 6.17. The molecule has 0 aliphatic heterocycles. The molecule has 1 aromatic carbocycles. The highest BCUT2D eigenvalue weighted by molar-refractivity contribution is 5.20. The third kappa shape index (κ3) is 4.24. The number of hydrogen-bond donors (Lipinski definition) is 1. The molecule has 1 saturated carbocycles. The molecule has 1 aromatic rings. The minimum atomic E-state index is -0.0173. The van der Waals surface area contributed by atoms with Crippen LogP contribution in [0, 0.1) is 11.3 Å². The third-order valence-corrected chi connectivity index (χ3v) is 4.82. The topological polar surface area (TPSA) is 35.2 Å². The number of ether oxygens (including phenoxy) is 1. The van der Waals surface area contributed by atoms with Gasteiger partial charge < -0.3 is 10.5 Å². The maximum absolute atomic E-state index is 6.55. The Labute approximate surface area is 123 Å². The number of rotatable bonds is 4. The molecule has 1 aliphatic rings. The maximum atomic E-state index is 6.55. The molecule has 2 heteroatoms. The fourth-order valence-electron chi connectivity index (χ4n) is 3.20. The minimum Gasteiger partial charge on any atom is -0.494 e. The minimum absolute atomic E-state index is 0.0173. The van der Waals surface area contributed by atoms with Gasteiger partial charge >= 0.3 is 0 Å². The van der Waals surface area contributed by atoms with Crippen molar-refractivity contribution < 1.29 is 4.74 Å². The zero-order valence-electron chi connectivity index (χ0n) is 13.2. The Bertz CT molecular complexity index is 399. The van der Waals surface area contributed by atoms with Crippen molar-refractivity contribution in [3.63, 3.8) is 0 Å². The van der Waals surface area contributed by atoms with Gasteiger partial charge in [0.25, 0.3) is 0 Å². The van der Waals surface area contributed by atoms with Crippen LogP contribution < -0.4 is 10.5 Å². The molecule has 1 aliphatic carbocycles. The molecule has 2 N–H and O–H groups in total. The van der Waals surface area contributed by atoms with Crippen molar-refractivity contribution in [3.8, 4) is 5.75 Å². The molecule has 2 nitrogen and oxygen atoms in total. The number of hydrogen-bond acceptors (Lipinski definition) is 2. The van der Waals surface area contributed by atoms with E-state index >= 15 is 0 Å². The summed E-state index contributed by atoms with van der Waals surface area (Å²) >= 11 is 0. The molecular formula is C18H29NO. The van der Waals surface area contributed by atoms with Gasteiger partial charge in [-0.15, -0.1) is 0 Å². The smallest absolute Gasteiger partial charge is 0.119 e. The van der Waals surface area contributed by atoms with E-state index in [-0.39, 0.29) is 5.54 Å². The lowest BCUT2D eigenvalue weighted by molar-refractivity contribution is 0.119. The lowest BCUT2D eigenvalue weighted by Crippen LogP contribution is -2.46. The molecule has 20 heavy (non-hydrogen) atoms. The van der Waals surface area contributed by atoms with Crippen LogP contribution in [-0.2, 0) is 0 Å². The Morgan fingerprint density at radius 2 is 1.75 bits per heavy atom. The van der Waals surface area contributed by atoms with Gasteiger partial charge in [-0.2, -0.15) is 0 Å². The molecule has 1 fully saturated rings. The Kier molecular flexibility index (Phi) is 4.74. The van der Waals surface area contributed by atoms with Crippen molar-refractivity contribution in [3.05, 3.63) is 30.3 Å². The first-order valence-corrected chi connectivity index (χ1v) is 7.86. The van der Waals surface area contributed by atoms with Gasteiger partial charge in [0.1, 0.15) is 5.75 Å². The fourth-order valence-corrected chi connectivity index (χ4v) is 3.20. The molecular weight excluding hydrogens is 246 g/mol. The van der Waals surface area contributed by atoms with Crippen LogP contribution in [0.5, 0.6) is 5.75 Å². The summed E-state index contributed by atoms with van der Waals surface area (Å²) in [4.78, 5) is 0. The first-order chi connectivity index (χ1) is 9.39. The number of benzene rings is 1. The molecule has 0 heterocycles. The average Bonchev–Trinajstić information content (AvgIpc) is 2.39. The zero-order valence-corrected chi connectivity index (χ0v) is 13.2. The molecule has 0 aromatic heterocycles. The SMILES string of the molecule is CC(C)(C)C1CCC(N)(CCOc2ccccc2)CC1. The van der Waals surface area contributed by atoms with E-state index in [1.807, 2.05) is 30.3 Å². The molecule has 0 radical (unpaired) electrons. The van der Waals surface area contributed by atoms with Crippen LogP contribution in [0.15, 0.2) is 30.3 Å². The van der Waals surface area contributed by atoms with E-state index < -0.39 is 0 Å². The monoisotopic (exact) mass is 275 g/mol. The molecule has 112 valence electrons. The highest BCUT2D eigenvalue weighted by Crippen LogP contribution is 2.41. The van der Waals surface area contributed by atoms with E-state index in [0.717, 1.165) is 37.5 Å². The molecule has 0 bridgehead atoms. The van der Waals surface area contributed by atoms with Crippen molar-refractivity contribution in [2.24, 2.45) is 17.1 Å². The first-order valence-electron chi connectivity index (χ1n) is 7.86. The summed E-state index contributed by atoms with van der Waals surface area (Å²) in [6.45, 7) is 7.76. The van der Waals surface area contributed by atoms with E-state index in [1.54, 1.807) is 0 Å². The summed E-state index contributed by atoms with van der Waals surface area (Å²) < 4.78 is 5.79. The summed E-state index contributed by atoms with van der Waals surface area (Å²) in [6.07, 6.45) is 5.73. The second-order valence-corrected chi connectivity index (χ2v) is 7.41. The largest absolute Gasteiger partial charge is 0.494 e. The molecule has 0 saturated heterocycles. The molecule has 0 unspecified atom stereocenters. The van der Waals surface area contributed by atoms with Crippen molar-refractivity contribution >= 4 is 0 Å². The average molecular weight is 275 g/mol. The van der Waals surface area contributed by atoms with Gasteiger partial charge in [0.2, 0.25) is 0 Å². The second-order valence-electron chi connectivity index (χ2n) is 7.41. The Balaban J connectivity index is 1.76. The Hall–Kier alpha value is -1.02.